The zero-order valence-electron chi connectivity index (χ0n) is 21.9. The monoisotopic (exact) mass is 549 g/mol. The fourth-order valence-corrected chi connectivity index (χ4v) is 3.10. The van der Waals surface area contributed by atoms with Gasteiger partial charge in [-0.1, -0.05) is 19.1 Å². The zero-order chi connectivity index (χ0) is 28.8. The van der Waals surface area contributed by atoms with E-state index in [1.807, 2.05) is 6.92 Å². The molecule has 10 nitrogen and oxygen atoms in total. The Balaban J connectivity index is 0.00000171. The van der Waals surface area contributed by atoms with Crippen LogP contribution in [0.1, 0.15) is 51.0 Å². The number of benzene rings is 1. The summed E-state index contributed by atoms with van der Waals surface area (Å²) < 4.78 is 31.7. The number of alkyl halides is 3. The van der Waals surface area contributed by atoms with Crippen LogP contribution in [0.3, 0.4) is 0 Å². The fourth-order valence-electron chi connectivity index (χ4n) is 3.10. The second-order valence-corrected chi connectivity index (χ2v) is 8.54. The van der Waals surface area contributed by atoms with Crippen molar-refractivity contribution < 1.29 is 37.8 Å². The number of hydrogen-bond donors (Lipinski definition) is 7. The number of carboxylic acids is 1. The number of carboxylic acid groups (broad SMARTS) is 1. The SMILES string of the molecule is CCCC(=O)N[C@@H](Cc1ccc(O)cc1)C(=O)NCCCCNCCCNCCCN.O=C(O)C(F)(F)F. The minimum absolute atomic E-state index is 0.122. The molecule has 0 aromatic heterocycles. The van der Waals surface area contributed by atoms with E-state index < -0.39 is 18.2 Å². The van der Waals surface area contributed by atoms with Crippen molar-refractivity contribution in [3.05, 3.63) is 29.8 Å². The standard InChI is InChI=1S/C23H41N5O3.C2HF3O2/c1-2-7-22(30)28-21(18-19-8-10-20(29)11-9-19)23(31)27-17-4-3-13-25-15-6-16-26-14-5-12-24;3-2(4,5)1(6)7/h8-11,21,25-26,29H,2-7,12-18,24H2,1H3,(H,27,31)(H,28,30);(H,6,7)/t21-;/m0./s1. The quantitative estimate of drug-likeness (QED) is 0.136. The number of nitrogens with two attached hydrogens (primary N) is 1. The number of phenols is 1. The van der Waals surface area contributed by atoms with Crippen LogP contribution < -0.4 is 27.0 Å². The van der Waals surface area contributed by atoms with Crippen LogP contribution >= 0.6 is 0 Å². The summed E-state index contributed by atoms with van der Waals surface area (Å²) in [5, 5.41) is 29.1. The number of carbonyl (C=O) groups excluding carboxylic acids is 2. The van der Waals surface area contributed by atoms with Crippen molar-refractivity contribution in [2.75, 3.05) is 39.3 Å². The van der Waals surface area contributed by atoms with Crippen molar-refractivity contribution in [2.45, 2.75) is 64.1 Å². The molecule has 0 aliphatic rings. The van der Waals surface area contributed by atoms with Crippen molar-refractivity contribution in [1.82, 2.24) is 21.3 Å². The van der Waals surface area contributed by atoms with Crippen LogP contribution in [0.25, 0.3) is 0 Å². The summed E-state index contributed by atoms with van der Waals surface area (Å²) in [7, 11) is 0. The number of unbranched alkanes of at least 4 members (excludes halogenated alkanes) is 1. The van der Waals surface area contributed by atoms with Crippen LogP contribution in [0.4, 0.5) is 13.2 Å². The molecule has 0 radical (unpaired) electrons. The van der Waals surface area contributed by atoms with Gasteiger partial charge in [0, 0.05) is 19.4 Å². The number of nitrogens with one attached hydrogen (secondary N) is 4. The first-order chi connectivity index (χ1) is 18.0. The lowest BCUT2D eigenvalue weighted by atomic mass is 10.0. The number of phenolic OH excluding ortho intramolecular Hbond substituents is 1. The molecule has 1 atom stereocenters. The van der Waals surface area contributed by atoms with Gasteiger partial charge in [-0.25, -0.2) is 4.79 Å². The van der Waals surface area contributed by atoms with Crippen molar-refractivity contribution in [1.29, 1.82) is 0 Å². The van der Waals surface area contributed by atoms with Gasteiger partial charge in [-0.2, -0.15) is 13.2 Å². The third-order valence-corrected chi connectivity index (χ3v) is 5.09. The second kappa shape index (κ2) is 21.1. The average Bonchev–Trinajstić information content (AvgIpc) is 2.85. The maximum atomic E-state index is 12.6. The average molecular weight is 550 g/mol. The van der Waals surface area contributed by atoms with Gasteiger partial charge in [-0.05, 0) is 82.5 Å². The number of aromatic hydroxyl groups is 1. The van der Waals surface area contributed by atoms with Crippen LogP contribution in [0.5, 0.6) is 5.75 Å². The molecule has 8 N–H and O–H groups in total. The summed E-state index contributed by atoms with van der Waals surface area (Å²) in [6.45, 7) is 7.10. The predicted octanol–water partition coefficient (Wildman–Crippen LogP) is 1.67. The topological polar surface area (TPSA) is 166 Å². The Kier molecular flexibility index (Phi) is 19.5. The first-order valence-corrected chi connectivity index (χ1v) is 12.8. The van der Waals surface area contributed by atoms with Crippen LogP contribution in [-0.2, 0) is 20.8 Å². The van der Waals surface area contributed by atoms with Gasteiger partial charge >= 0.3 is 12.1 Å². The summed E-state index contributed by atoms with van der Waals surface area (Å²) in [4.78, 5) is 33.6. The molecule has 1 aromatic rings. The van der Waals surface area contributed by atoms with E-state index in [2.05, 4.69) is 21.3 Å². The summed E-state index contributed by atoms with van der Waals surface area (Å²) in [6, 6.07) is 6.08. The maximum absolute atomic E-state index is 12.6. The number of carbonyl (C=O) groups is 3. The highest BCUT2D eigenvalue weighted by Crippen LogP contribution is 2.13. The van der Waals surface area contributed by atoms with Crippen molar-refractivity contribution in [3.63, 3.8) is 0 Å². The van der Waals surface area contributed by atoms with Gasteiger partial charge in [0.25, 0.3) is 0 Å². The summed E-state index contributed by atoms with van der Waals surface area (Å²) in [6.07, 6.45) is 0.384. The van der Waals surface area contributed by atoms with Gasteiger partial charge < -0.3 is 37.2 Å². The molecule has 0 unspecified atom stereocenters. The normalized spacial score (nSPS) is 11.7. The Labute approximate surface area is 221 Å². The molecule has 38 heavy (non-hydrogen) atoms. The third-order valence-electron chi connectivity index (χ3n) is 5.09. The predicted molar refractivity (Wildman–Crippen MR) is 139 cm³/mol. The molecule has 1 rings (SSSR count). The van der Waals surface area contributed by atoms with E-state index in [0.717, 1.165) is 70.4 Å². The molecule has 0 saturated heterocycles. The third kappa shape index (κ3) is 19.2. The molecule has 0 fully saturated rings. The molecule has 0 bridgehead atoms. The Morgan fingerprint density at radius 2 is 1.45 bits per heavy atom. The Hall–Kier alpha value is -2.90. The lowest BCUT2D eigenvalue weighted by molar-refractivity contribution is -0.192. The molecular formula is C25H42F3N5O5. The van der Waals surface area contributed by atoms with Gasteiger partial charge in [0.1, 0.15) is 11.8 Å². The molecule has 0 saturated carbocycles. The largest absolute Gasteiger partial charge is 0.508 e. The Morgan fingerprint density at radius 1 is 0.921 bits per heavy atom. The zero-order valence-corrected chi connectivity index (χ0v) is 21.9. The first-order valence-electron chi connectivity index (χ1n) is 12.8. The molecular weight excluding hydrogens is 507 g/mol. The smallest absolute Gasteiger partial charge is 0.490 e. The molecule has 0 aliphatic heterocycles. The van der Waals surface area contributed by atoms with Crippen LogP contribution in [-0.4, -0.2) is 79.5 Å². The van der Waals surface area contributed by atoms with E-state index in [-0.39, 0.29) is 17.6 Å². The molecule has 218 valence electrons. The second-order valence-electron chi connectivity index (χ2n) is 8.54. The number of aliphatic carboxylic acids is 1. The van der Waals surface area contributed by atoms with Crippen LogP contribution in [0.15, 0.2) is 24.3 Å². The van der Waals surface area contributed by atoms with E-state index >= 15 is 0 Å². The van der Waals surface area contributed by atoms with Gasteiger partial charge in [-0.3, -0.25) is 9.59 Å². The summed E-state index contributed by atoms with van der Waals surface area (Å²) in [5.74, 6) is -2.87. The van der Waals surface area contributed by atoms with Crippen molar-refractivity contribution in [2.24, 2.45) is 5.73 Å². The summed E-state index contributed by atoms with van der Waals surface area (Å²) in [5.41, 5.74) is 6.34. The number of hydrogen-bond acceptors (Lipinski definition) is 7. The van der Waals surface area contributed by atoms with Gasteiger partial charge in [0.05, 0.1) is 0 Å². The van der Waals surface area contributed by atoms with E-state index in [1.165, 1.54) is 0 Å². The Morgan fingerprint density at radius 3 is 1.97 bits per heavy atom. The molecule has 0 spiro atoms. The number of halogens is 3. The lowest BCUT2D eigenvalue weighted by Crippen LogP contribution is -2.48. The van der Waals surface area contributed by atoms with E-state index in [9.17, 15) is 27.9 Å². The van der Waals surface area contributed by atoms with E-state index in [4.69, 9.17) is 15.6 Å². The van der Waals surface area contributed by atoms with Crippen molar-refractivity contribution in [3.8, 4) is 5.75 Å². The van der Waals surface area contributed by atoms with Crippen molar-refractivity contribution >= 4 is 17.8 Å². The maximum Gasteiger partial charge on any atom is 0.490 e. The van der Waals surface area contributed by atoms with Gasteiger partial charge in [0.15, 0.2) is 0 Å². The highest BCUT2D eigenvalue weighted by molar-refractivity contribution is 5.87. The number of rotatable bonds is 18. The number of amides is 2. The van der Waals surface area contributed by atoms with E-state index in [0.29, 0.717) is 19.4 Å². The van der Waals surface area contributed by atoms with Gasteiger partial charge in [-0.15, -0.1) is 0 Å². The van der Waals surface area contributed by atoms with E-state index in [1.54, 1.807) is 24.3 Å². The van der Waals surface area contributed by atoms with Crippen LogP contribution in [0, 0.1) is 0 Å². The molecule has 0 aliphatic carbocycles. The summed E-state index contributed by atoms with van der Waals surface area (Å²) >= 11 is 0. The van der Waals surface area contributed by atoms with Gasteiger partial charge in [0.2, 0.25) is 11.8 Å². The molecule has 13 heteroatoms. The fraction of sp³-hybridized carbons (Fsp3) is 0.640. The minimum atomic E-state index is -5.08. The Bertz CT molecular complexity index is 795. The lowest BCUT2D eigenvalue weighted by Gasteiger charge is -2.19. The first kappa shape index (κ1) is 35.1. The minimum Gasteiger partial charge on any atom is -0.508 e. The molecule has 0 heterocycles. The highest BCUT2D eigenvalue weighted by Gasteiger charge is 2.38. The van der Waals surface area contributed by atoms with Crippen LogP contribution in [0.2, 0.25) is 0 Å². The highest BCUT2D eigenvalue weighted by atomic mass is 19.4. The molecule has 2 amide bonds. The molecule has 1 aromatic carbocycles.